The molecular formula is C14H15ClN2O. The number of nitrogens with zero attached hydrogens (tertiary/aromatic N) is 1. The molecule has 1 saturated carbocycles. The predicted octanol–water partition coefficient (Wildman–Crippen LogP) is 3.36. The van der Waals surface area contributed by atoms with Crippen LogP contribution in [0.3, 0.4) is 0 Å². The molecule has 0 unspecified atom stereocenters. The molecule has 1 aromatic heterocycles. The van der Waals surface area contributed by atoms with Gasteiger partial charge in [-0.2, -0.15) is 0 Å². The number of benzene rings is 1. The van der Waals surface area contributed by atoms with Gasteiger partial charge in [0.1, 0.15) is 6.26 Å². The Hall–Kier alpha value is -1.32. The van der Waals surface area contributed by atoms with E-state index in [1.54, 1.807) is 6.26 Å². The minimum Gasteiger partial charge on any atom is -0.364 e. The molecule has 0 amide bonds. The van der Waals surface area contributed by atoms with Crippen LogP contribution in [0.2, 0.25) is 5.02 Å². The third-order valence-corrected chi connectivity index (χ3v) is 3.89. The number of aromatic nitrogens is 1. The molecule has 2 aromatic rings. The largest absolute Gasteiger partial charge is 0.364 e. The van der Waals surface area contributed by atoms with Gasteiger partial charge in [-0.25, -0.2) is 0 Å². The summed E-state index contributed by atoms with van der Waals surface area (Å²) < 4.78 is 4.80. The van der Waals surface area contributed by atoms with Crippen LogP contribution in [0.15, 0.2) is 41.1 Å². The number of halogens is 1. The van der Waals surface area contributed by atoms with E-state index < -0.39 is 0 Å². The lowest BCUT2D eigenvalue weighted by Gasteiger charge is -2.36. The summed E-state index contributed by atoms with van der Waals surface area (Å²) in [6.07, 6.45) is 3.88. The van der Waals surface area contributed by atoms with Gasteiger partial charge < -0.3 is 9.84 Å². The van der Waals surface area contributed by atoms with Crippen molar-refractivity contribution < 1.29 is 4.52 Å². The van der Waals surface area contributed by atoms with Crippen molar-refractivity contribution in [1.29, 1.82) is 0 Å². The molecule has 0 bridgehead atoms. The van der Waals surface area contributed by atoms with Crippen LogP contribution in [-0.2, 0) is 6.54 Å². The van der Waals surface area contributed by atoms with Crippen LogP contribution in [0, 0.1) is 0 Å². The molecule has 0 spiro atoms. The Morgan fingerprint density at radius 3 is 2.83 bits per heavy atom. The Morgan fingerprint density at radius 1 is 1.28 bits per heavy atom. The topological polar surface area (TPSA) is 38.1 Å². The van der Waals surface area contributed by atoms with Gasteiger partial charge in [-0.05, 0) is 30.4 Å². The van der Waals surface area contributed by atoms with Crippen LogP contribution in [-0.4, -0.2) is 11.2 Å². The van der Waals surface area contributed by atoms with Crippen molar-refractivity contribution in [2.45, 2.75) is 31.3 Å². The van der Waals surface area contributed by atoms with E-state index in [1.807, 2.05) is 18.2 Å². The molecule has 0 atom stereocenters. The molecule has 0 saturated heterocycles. The van der Waals surface area contributed by atoms with E-state index in [1.165, 1.54) is 5.56 Å². The third kappa shape index (κ3) is 2.42. The summed E-state index contributed by atoms with van der Waals surface area (Å²) in [5.74, 6) is 0.591. The van der Waals surface area contributed by atoms with Crippen molar-refractivity contribution in [1.82, 2.24) is 10.5 Å². The number of hydrogen-bond acceptors (Lipinski definition) is 3. The molecule has 1 aliphatic rings. The van der Waals surface area contributed by atoms with Gasteiger partial charge in [-0.1, -0.05) is 35.0 Å². The number of nitrogens with one attached hydrogen (secondary N) is 1. The van der Waals surface area contributed by atoms with Gasteiger partial charge in [0.25, 0.3) is 0 Å². The molecular weight excluding hydrogens is 248 g/mol. The van der Waals surface area contributed by atoms with Gasteiger partial charge in [0.05, 0.1) is 5.69 Å². The van der Waals surface area contributed by atoms with E-state index in [-0.39, 0.29) is 0 Å². The van der Waals surface area contributed by atoms with Crippen LogP contribution >= 0.6 is 11.6 Å². The summed E-state index contributed by atoms with van der Waals surface area (Å²) >= 11 is 6.19. The first-order valence-corrected chi connectivity index (χ1v) is 6.58. The molecule has 4 heteroatoms. The van der Waals surface area contributed by atoms with E-state index >= 15 is 0 Å². The summed E-state index contributed by atoms with van der Waals surface area (Å²) in [7, 11) is 0. The molecule has 1 heterocycles. The van der Waals surface area contributed by atoms with Gasteiger partial charge >= 0.3 is 0 Å². The van der Waals surface area contributed by atoms with Crippen molar-refractivity contribution in [2.24, 2.45) is 0 Å². The van der Waals surface area contributed by atoms with E-state index in [4.69, 9.17) is 16.1 Å². The van der Waals surface area contributed by atoms with Crippen molar-refractivity contribution in [2.75, 3.05) is 0 Å². The highest BCUT2D eigenvalue weighted by atomic mass is 35.5. The summed E-state index contributed by atoms with van der Waals surface area (Å²) in [6.45, 7) is 0.774. The monoisotopic (exact) mass is 262 g/mol. The fraction of sp³-hybridized carbons (Fsp3) is 0.357. The third-order valence-electron chi connectivity index (χ3n) is 3.55. The van der Waals surface area contributed by atoms with Gasteiger partial charge in [0.15, 0.2) is 0 Å². The highest BCUT2D eigenvalue weighted by molar-refractivity contribution is 6.31. The second-order valence-electron chi connectivity index (χ2n) is 4.76. The Kier molecular flexibility index (Phi) is 3.35. The molecule has 1 N–H and O–H groups in total. The summed E-state index contributed by atoms with van der Waals surface area (Å²) in [4.78, 5) is 0. The van der Waals surface area contributed by atoms with Gasteiger partial charge in [-0.3, -0.25) is 0 Å². The molecule has 94 valence electrons. The zero-order valence-electron chi connectivity index (χ0n) is 9.97. The summed E-state index contributed by atoms with van der Waals surface area (Å²) in [5, 5.41) is 8.24. The first-order valence-electron chi connectivity index (χ1n) is 6.20. The average molecular weight is 263 g/mol. The van der Waals surface area contributed by atoms with E-state index in [0.717, 1.165) is 30.1 Å². The quantitative estimate of drug-likeness (QED) is 0.918. The maximum absolute atomic E-state index is 6.19. The molecule has 3 nitrogen and oxygen atoms in total. The number of hydrogen-bond donors (Lipinski definition) is 1. The van der Waals surface area contributed by atoms with Gasteiger partial charge in [0.2, 0.25) is 0 Å². The average Bonchev–Trinajstić information content (AvgIpc) is 2.82. The minimum absolute atomic E-state index is 0.558. The molecule has 0 aliphatic heterocycles. The van der Waals surface area contributed by atoms with Crippen LogP contribution in [0.25, 0.3) is 0 Å². The van der Waals surface area contributed by atoms with Crippen molar-refractivity contribution in [3.8, 4) is 0 Å². The highest BCUT2D eigenvalue weighted by Gasteiger charge is 2.30. The minimum atomic E-state index is 0.558. The Morgan fingerprint density at radius 2 is 2.11 bits per heavy atom. The first kappa shape index (κ1) is 11.8. The Labute approximate surface area is 111 Å². The normalized spacial score (nSPS) is 22.7. The van der Waals surface area contributed by atoms with Crippen molar-refractivity contribution in [3.05, 3.63) is 52.9 Å². The second kappa shape index (κ2) is 5.12. The van der Waals surface area contributed by atoms with Gasteiger partial charge in [0, 0.05) is 23.7 Å². The maximum atomic E-state index is 6.19. The fourth-order valence-corrected chi connectivity index (χ4v) is 2.71. The molecule has 1 fully saturated rings. The fourth-order valence-electron chi connectivity index (χ4n) is 2.42. The zero-order chi connectivity index (χ0) is 12.4. The van der Waals surface area contributed by atoms with Crippen LogP contribution in [0.1, 0.15) is 30.0 Å². The van der Waals surface area contributed by atoms with E-state index in [0.29, 0.717) is 12.0 Å². The van der Waals surface area contributed by atoms with E-state index in [9.17, 15) is 0 Å². The molecule has 0 radical (unpaired) electrons. The lowest BCUT2D eigenvalue weighted by molar-refractivity contribution is 0.286. The summed E-state index contributed by atoms with van der Waals surface area (Å²) in [6, 6.07) is 10.6. The highest BCUT2D eigenvalue weighted by Crippen LogP contribution is 2.39. The molecule has 3 rings (SSSR count). The maximum Gasteiger partial charge on any atom is 0.124 e. The molecule has 1 aliphatic carbocycles. The smallest absolute Gasteiger partial charge is 0.124 e. The first-order chi connectivity index (χ1) is 8.83. The van der Waals surface area contributed by atoms with Gasteiger partial charge in [-0.15, -0.1) is 0 Å². The SMILES string of the molecule is Clc1ccccc1C1CC(NCc2ccon2)C1. The Bertz CT molecular complexity index is 506. The van der Waals surface area contributed by atoms with E-state index in [2.05, 4.69) is 22.6 Å². The lowest BCUT2D eigenvalue weighted by Crippen LogP contribution is -2.39. The Balaban J connectivity index is 1.50. The van der Waals surface area contributed by atoms with Crippen LogP contribution in [0.4, 0.5) is 0 Å². The van der Waals surface area contributed by atoms with Crippen LogP contribution in [0.5, 0.6) is 0 Å². The summed E-state index contributed by atoms with van der Waals surface area (Å²) in [5.41, 5.74) is 2.23. The molecule has 18 heavy (non-hydrogen) atoms. The van der Waals surface area contributed by atoms with Crippen molar-refractivity contribution in [3.63, 3.8) is 0 Å². The standard InChI is InChI=1S/C14H15ClN2O/c15-14-4-2-1-3-13(14)10-7-12(8-10)16-9-11-5-6-18-17-11/h1-6,10,12,16H,7-9H2. The van der Waals surface area contributed by atoms with Crippen LogP contribution < -0.4 is 5.32 Å². The lowest BCUT2D eigenvalue weighted by atomic mass is 9.76. The predicted molar refractivity (Wildman–Crippen MR) is 70.6 cm³/mol. The zero-order valence-corrected chi connectivity index (χ0v) is 10.7. The number of rotatable bonds is 4. The second-order valence-corrected chi connectivity index (χ2v) is 5.17. The van der Waals surface area contributed by atoms with Crippen molar-refractivity contribution >= 4 is 11.6 Å². The molecule has 1 aromatic carbocycles.